The monoisotopic (exact) mass is 395 g/mol. The predicted molar refractivity (Wildman–Crippen MR) is 116 cm³/mol. The number of aryl methyl sites for hydroxylation is 1. The SMILES string of the molecule is CC(C)c1ccc(C[C@]2(C)Cc3cc(CCC(=O)NCCCO)ccc3O2)cc1. The summed E-state index contributed by atoms with van der Waals surface area (Å²) in [6.07, 6.45) is 3.53. The predicted octanol–water partition coefficient (Wildman–Crippen LogP) is 4.18. The standard InChI is InChI=1S/C25H33NO3/c1-18(2)21-9-5-20(6-10-21)16-25(3)17-22-15-19(7-11-23(22)29-25)8-12-24(28)26-13-4-14-27/h5-7,9-11,15,18,27H,4,8,12-14,16-17H2,1-3H3,(H,26,28)/t25-/m1/s1. The highest BCUT2D eigenvalue weighted by molar-refractivity contribution is 5.76. The van der Waals surface area contributed by atoms with Gasteiger partial charge in [-0.2, -0.15) is 0 Å². The number of benzene rings is 2. The number of aliphatic hydroxyl groups excluding tert-OH is 1. The Morgan fingerprint density at radius 1 is 1.17 bits per heavy atom. The number of nitrogens with one attached hydrogen (secondary N) is 1. The number of ether oxygens (including phenoxy) is 1. The van der Waals surface area contributed by atoms with Crippen molar-refractivity contribution in [1.29, 1.82) is 0 Å². The molecule has 156 valence electrons. The maximum absolute atomic E-state index is 11.9. The van der Waals surface area contributed by atoms with Crippen LogP contribution in [0.25, 0.3) is 0 Å². The molecule has 29 heavy (non-hydrogen) atoms. The van der Waals surface area contributed by atoms with Crippen LogP contribution in [0.15, 0.2) is 42.5 Å². The first-order chi connectivity index (χ1) is 13.9. The minimum atomic E-state index is -0.234. The highest BCUT2D eigenvalue weighted by atomic mass is 16.5. The van der Waals surface area contributed by atoms with E-state index in [0.29, 0.717) is 31.7 Å². The van der Waals surface area contributed by atoms with Crippen molar-refractivity contribution in [1.82, 2.24) is 5.32 Å². The molecule has 0 saturated heterocycles. The van der Waals surface area contributed by atoms with Crippen LogP contribution in [0, 0.1) is 0 Å². The largest absolute Gasteiger partial charge is 0.487 e. The zero-order valence-electron chi connectivity index (χ0n) is 17.8. The van der Waals surface area contributed by atoms with Gasteiger partial charge in [-0.1, -0.05) is 50.2 Å². The summed E-state index contributed by atoms with van der Waals surface area (Å²) in [7, 11) is 0. The van der Waals surface area contributed by atoms with E-state index in [1.54, 1.807) is 0 Å². The summed E-state index contributed by atoms with van der Waals surface area (Å²) < 4.78 is 6.32. The number of amides is 1. The lowest BCUT2D eigenvalue weighted by molar-refractivity contribution is -0.121. The van der Waals surface area contributed by atoms with Crippen LogP contribution in [0.3, 0.4) is 0 Å². The zero-order valence-corrected chi connectivity index (χ0v) is 17.8. The minimum absolute atomic E-state index is 0.0323. The first-order valence-electron chi connectivity index (χ1n) is 10.7. The zero-order chi connectivity index (χ0) is 20.9. The molecule has 0 aliphatic carbocycles. The molecule has 1 aliphatic rings. The van der Waals surface area contributed by atoms with Crippen molar-refractivity contribution in [3.63, 3.8) is 0 Å². The van der Waals surface area contributed by atoms with E-state index < -0.39 is 0 Å². The Balaban J connectivity index is 1.57. The van der Waals surface area contributed by atoms with E-state index in [4.69, 9.17) is 9.84 Å². The lowest BCUT2D eigenvalue weighted by atomic mass is 9.90. The van der Waals surface area contributed by atoms with E-state index in [1.807, 2.05) is 6.07 Å². The maximum atomic E-state index is 11.9. The molecular formula is C25H33NO3. The summed E-state index contributed by atoms with van der Waals surface area (Å²) >= 11 is 0. The molecule has 2 aromatic carbocycles. The van der Waals surface area contributed by atoms with Gasteiger partial charge in [0.15, 0.2) is 0 Å². The van der Waals surface area contributed by atoms with Crippen molar-refractivity contribution < 1.29 is 14.6 Å². The molecule has 1 amide bonds. The van der Waals surface area contributed by atoms with E-state index in [2.05, 4.69) is 62.5 Å². The Labute approximate surface area is 174 Å². The fourth-order valence-corrected chi connectivity index (χ4v) is 3.93. The second-order valence-electron chi connectivity index (χ2n) is 8.67. The molecule has 0 aromatic heterocycles. The van der Waals surface area contributed by atoms with Crippen molar-refractivity contribution in [2.75, 3.05) is 13.2 Å². The van der Waals surface area contributed by atoms with Crippen LogP contribution in [-0.2, 0) is 24.1 Å². The molecule has 1 heterocycles. The number of rotatable bonds is 9. The lowest BCUT2D eigenvalue weighted by Gasteiger charge is -2.24. The van der Waals surface area contributed by atoms with E-state index >= 15 is 0 Å². The second kappa shape index (κ2) is 9.45. The van der Waals surface area contributed by atoms with Crippen LogP contribution in [-0.4, -0.2) is 29.8 Å². The fourth-order valence-electron chi connectivity index (χ4n) is 3.93. The Bertz CT molecular complexity index is 828. The number of fused-ring (bicyclic) bond motifs is 1. The van der Waals surface area contributed by atoms with Gasteiger partial charge in [-0.05, 0) is 54.0 Å². The summed E-state index contributed by atoms with van der Waals surface area (Å²) in [4.78, 5) is 11.9. The summed E-state index contributed by atoms with van der Waals surface area (Å²) in [5, 5.41) is 11.6. The van der Waals surface area contributed by atoms with E-state index in [-0.39, 0.29) is 18.1 Å². The highest BCUT2D eigenvalue weighted by Crippen LogP contribution is 2.37. The van der Waals surface area contributed by atoms with Crippen LogP contribution >= 0.6 is 0 Å². The summed E-state index contributed by atoms with van der Waals surface area (Å²) in [6.45, 7) is 7.24. The molecule has 1 atom stereocenters. The number of hydrogen-bond acceptors (Lipinski definition) is 3. The van der Waals surface area contributed by atoms with E-state index in [0.717, 1.165) is 24.2 Å². The lowest BCUT2D eigenvalue weighted by Crippen LogP contribution is -2.32. The Morgan fingerprint density at radius 2 is 1.90 bits per heavy atom. The molecular weight excluding hydrogens is 362 g/mol. The number of aliphatic hydroxyl groups is 1. The molecule has 0 spiro atoms. The third-order valence-electron chi connectivity index (χ3n) is 5.57. The number of hydrogen-bond donors (Lipinski definition) is 2. The van der Waals surface area contributed by atoms with E-state index in [9.17, 15) is 4.79 Å². The summed E-state index contributed by atoms with van der Waals surface area (Å²) in [5.41, 5.74) is 4.81. The highest BCUT2D eigenvalue weighted by Gasteiger charge is 2.35. The second-order valence-corrected chi connectivity index (χ2v) is 8.67. The van der Waals surface area contributed by atoms with Gasteiger partial charge in [0.1, 0.15) is 11.4 Å². The van der Waals surface area contributed by atoms with Crippen molar-refractivity contribution >= 4 is 5.91 Å². The molecule has 0 bridgehead atoms. The molecule has 0 radical (unpaired) electrons. The Kier molecular flexibility index (Phi) is 6.96. The average Bonchev–Trinajstić information content (AvgIpc) is 3.02. The van der Waals surface area contributed by atoms with Gasteiger partial charge in [-0.3, -0.25) is 4.79 Å². The van der Waals surface area contributed by atoms with Gasteiger partial charge in [0.05, 0.1) is 0 Å². The first kappa shape index (κ1) is 21.4. The molecule has 2 aromatic rings. The molecule has 4 heteroatoms. The Morgan fingerprint density at radius 3 is 2.59 bits per heavy atom. The fraction of sp³-hybridized carbons (Fsp3) is 0.480. The summed E-state index contributed by atoms with van der Waals surface area (Å²) in [6, 6.07) is 15.2. The van der Waals surface area contributed by atoms with Gasteiger partial charge >= 0.3 is 0 Å². The molecule has 1 aliphatic heterocycles. The molecule has 0 fully saturated rings. The van der Waals surface area contributed by atoms with Crippen LogP contribution in [0.4, 0.5) is 0 Å². The van der Waals surface area contributed by atoms with Gasteiger partial charge < -0.3 is 15.2 Å². The molecule has 0 unspecified atom stereocenters. The topological polar surface area (TPSA) is 58.6 Å². The molecule has 4 nitrogen and oxygen atoms in total. The van der Waals surface area contributed by atoms with Gasteiger partial charge in [-0.15, -0.1) is 0 Å². The summed E-state index contributed by atoms with van der Waals surface area (Å²) in [5.74, 6) is 1.54. The third-order valence-corrected chi connectivity index (χ3v) is 5.57. The molecule has 3 rings (SSSR count). The van der Waals surface area contributed by atoms with Crippen LogP contribution in [0.2, 0.25) is 0 Å². The van der Waals surface area contributed by atoms with Crippen LogP contribution < -0.4 is 10.1 Å². The van der Waals surface area contributed by atoms with Crippen molar-refractivity contribution in [3.8, 4) is 5.75 Å². The van der Waals surface area contributed by atoms with Crippen molar-refractivity contribution in [2.45, 2.75) is 64.4 Å². The van der Waals surface area contributed by atoms with Crippen LogP contribution in [0.1, 0.15) is 61.8 Å². The first-order valence-corrected chi connectivity index (χ1v) is 10.7. The quantitative estimate of drug-likeness (QED) is 0.626. The average molecular weight is 396 g/mol. The Hall–Kier alpha value is -2.33. The van der Waals surface area contributed by atoms with Gasteiger partial charge in [-0.25, -0.2) is 0 Å². The van der Waals surface area contributed by atoms with Crippen molar-refractivity contribution in [3.05, 3.63) is 64.7 Å². The van der Waals surface area contributed by atoms with Crippen molar-refractivity contribution in [2.24, 2.45) is 0 Å². The van der Waals surface area contributed by atoms with Crippen LogP contribution in [0.5, 0.6) is 5.75 Å². The molecule has 2 N–H and O–H groups in total. The molecule has 0 saturated carbocycles. The van der Waals surface area contributed by atoms with E-state index in [1.165, 1.54) is 16.7 Å². The minimum Gasteiger partial charge on any atom is -0.487 e. The van der Waals surface area contributed by atoms with Gasteiger partial charge in [0.2, 0.25) is 5.91 Å². The maximum Gasteiger partial charge on any atom is 0.220 e. The third kappa shape index (κ3) is 5.83. The van der Waals surface area contributed by atoms with Gasteiger partial charge in [0.25, 0.3) is 0 Å². The smallest absolute Gasteiger partial charge is 0.220 e. The number of carbonyl (C=O) groups excluding carboxylic acids is 1. The normalized spacial score (nSPS) is 17.8. The van der Waals surface area contributed by atoms with Gasteiger partial charge in [0, 0.05) is 32.4 Å². The number of carbonyl (C=O) groups is 1.